The van der Waals surface area contributed by atoms with Crippen LogP contribution in [-0.4, -0.2) is 19.9 Å². The third kappa shape index (κ3) is 4.28. The van der Waals surface area contributed by atoms with Gasteiger partial charge in [0.2, 0.25) is 17.5 Å². The summed E-state index contributed by atoms with van der Waals surface area (Å²) in [6, 6.07) is 27.9. The smallest absolute Gasteiger partial charge is 0.227 e. The number of furan rings is 2. The van der Waals surface area contributed by atoms with E-state index in [4.69, 9.17) is 23.5 Å². The molecule has 8 aromatic rings. The Morgan fingerprint density at radius 3 is 2.23 bits per heavy atom. The average Bonchev–Trinajstić information content (AvgIpc) is 3.59. The second kappa shape index (κ2) is 9.77. The van der Waals surface area contributed by atoms with E-state index >= 15 is 0 Å². The van der Waals surface area contributed by atoms with E-state index < -0.39 is 0 Å². The number of aryl methyl sites for hydroxylation is 1. The zero-order valence-electron chi connectivity index (χ0n) is 23.8. The van der Waals surface area contributed by atoms with Crippen LogP contribution in [0.2, 0.25) is 0 Å². The number of ether oxygens (including phenoxy) is 1. The van der Waals surface area contributed by atoms with Crippen molar-refractivity contribution in [3.63, 3.8) is 0 Å². The maximum atomic E-state index is 6.35. The molecule has 0 fully saturated rings. The van der Waals surface area contributed by atoms with E-state index in [1.54, 1.807) is 6.20 Å². The van der Waals surface area contributed by atoms with Crippen LogP contribution in [0.5, 0.6) is 11.8 Å². The standard InChI is InChI=1S/C36H26N4O3/c1-20(2)22-17-30(27-10-4-7-23-25-14-13-21(3)38-36(25)43-35(23)27)40-33(18-22)42-32-12-6-11-29(39-32)26-9-5-8-24-28-19-37-16-15-31(28)41-34(24)26/h4-20H,1-3H3. The van der Waals surface area contributed by atoms with Gasteiger partial charge in [0, 0.05) is 62.9 Å². The second-order valence-electron chi connectivity index (χ2n) is 11.0. The molecule has 6 aromatic heterocycles. The molecule has 0 radical (unpaired) electrons. The highest BCUT2D eigenvalue weighted by atomic mass is 16.5. The molecule has 0 saturated heterocycles. The number of fused-ring (bicyclic) bond motifs is 6. The van der Waals surface area contributed by atoms with E-state index in [9.17, 15) is 0 Å². The van der Waals surface area contributed by atoms with Gasteiger partial charge in [-0.2, -0.15) is 0 Å². The monoisotopic (exact) mass is 562 g/mol. The van der Waals surface area contributed by atoms with Gasteiger partial charge in [-0.15, -0.1) is 0 Å². The molecule has 6 heterocycles. The lowest BCUT2D eigenvalue weighted by Gasteiger charge is -2.13. The predicted octanol–water partition coefficient (Wildman–Crippen LogP) is 9.62. The third-order valence-corrected chi connectivity index (χ3v) is 7.78. The Morgan fingerprint density at radius 1 is 0.651 bits per heavy atom. The molecule has 0 N–H and O–H groups in total. The molecule has 0 amide bonds. The van der Waals surface area contributed by atoms with E-state index in [-0.39, 0.29) is 5.92 Å². The summed E-state index contributed by atoms with van der Waals surface area (Å²) in [5.41, 5.74) is 8.20. The van der Waals surface area contributed by atoms with Gasteiger partial charge in [0.25, 0.3) is 0 Å². The van der Waals surface area contributed by atoms with Crippen molar-refractivity contribution in [2.24, 2.45) is 0 Å². The van der Waals surface area contributed by atoms with Gasteiger partial charge in [-0.05, 0) is 60.9 Å². The molecule has 0 atom stereocenters. The number of pyridine rings is 4. The summed E-state index contributed by atoms with van der Waals surface area (Å²) in [6.45, 7) is 6.27. The molecule has 0 saturated carbocycles. The molecule has 0 aliphatic rings. The molecule has 2 aromatic carbocycles. The van der Waals surface area contributed by atoms with E-state index in [0.717, 1.165) is 72.1 Å². The third-order valence-electron chi connectivity index (χ3n) is 7.78. The Kier molecular flexibility index (Phi) is 5.72. The lowest BCUT2D eigenvalue weighted by Crippen LogP contribution is -1.97. The normalized spacial score (nSPS) is 11.8. The minimum Gasteiger partial charge on any atom is -0.455 e. The first kappa shape index (κ1) is 25.2. The number of benzene rings is 2. The van der Waals surface area contributed by atoms with Crippen molar-refractivity contribution in [2.45, 2.75) is 26.7 Å². The molecule has 8 rings (SSSR count). The summed E-state index contributed by atoms with van der Waals surface area (Å²) in [4.78, 5) is 18.7. The van der Waals surface area contributed by atoms with Gasteiger partial charge in [0.15, 0.2) is 0 Å². The van der Waals surface area contributed by atoms with Crippen LogP contribution in [0.25, 0.3) is 66.5 Å². The van der Waals surface area contributed by atoms with Crippen LogP contribution in [0.15, 0.2) is 106 Å². The first-order valence-electron chi connectivity index (χ1n) is 14.2. The van der Waals surface area contributed by atoms with E-state index in [2.05, 4.69) is 42.0 Å². The zero-order valence-corrected chi connectivity index (χ0v) is 23.8. The fourth-order valence-electron chi connectivity index (χ4n) is 5.59. The summed E-state index contributed by atoms with van der Waals surface area (Å²) >= 11 is 0. The van der Waals surface area contributed by atoms with Gasteiger partial charge in [-0.3, -0.25) is 4.98 Å². The molecule has 0 bridgehead atoms. The number of aromatic nitrogens is 4. The fraction of sp³-hybridized carbons (Fsp3) is 0.111. The highest BCUT2D eigenvalue weighted by Crippen LogP contribution is 2.38. The average molecular weight is 563 g/mol. The highest BCUT2D eigenvalue weighted by molar-refractivity contribution is 6.09. The van der Waals surface area contributed by atoms with Gasteiger partial charge >= 0.3 is 0 Å². The molecular weight excluding hydrogens is 536 g/mol. The van der Waals surface area contributed by atoms with Crippen molar-refractivity contribution >= 4 is 44.0 Å². The van der Waals surface area contributed by atoms with Crippen molar-refractivity contribution in [2.75, 3.05) is 0 Å². The van der Waals surface area contributed by atoms with Gasteiger partial charge < -0.3 is 13.6 Å². The van der Waals surface area contributed by atoms with Gasteiger partial charge in [-0.1, -0.05) is 44.2 Å². The molecule has 7 heteroatoms. The van der Waals surface area contributed by atoms with Crippen LogP contribution < -0.4 is 4.74 Å². The quantitative estimate of drug-likeness (QED) is 0.206. The minimum atomic E-state index is 0.253. The number of hydrogen-bond donors (Lipinski definition) is 0. The summed E-state index contributed by atoms with van der Waals surface area (Å²) in [7, 11) is 0. The minimum absolute atomic E-state index is 0.253. The van der Waals surface area contributed by atoms with Crippen LogP contribution in [0, 0.1) is 6.92 Å². The summed E-state index contributed by atoms with van der Waals surface area (Å²) in [5.74, 6) is 1.15. The molecule has 43 heavy (non-hydrogen) atoms. The van der Waals surface area contributed by atoms with Crippen molar-refractivity contribution in [3.8, 4) is 34.3 Å². The molecule has 0 unspecified atom stereocenters. The Balaban J connectivity index is 1.21. The van der Waals surface area contributed by atoms with Crippen molar-refractivity contribution in [3.05, 3.63) is 109 Å². The van der Waals surface area contributed by atoms with Gasteiger partial charge in [-0.25, -0.2) is 15.0 Å². The van der Waals surface area contributed by atoms with Crippen LogP contribution in [-0.2, 0) is 0 Å². The molecular formula is C36H26N4O3. The molecule has 0 aliphatic heterocycles. The first-order valence-corrected chi connectivity index (χ1v) is 14.2. The van der Waals surface area contributed by atoms with Gasteiger partial charge in [0.05, 0.1) is 11.4 Å². The number of nitrogens with zero attached hydrogens (tertiary/aromatic N) is 4. The van der Waals surface area contributed by atoms with Gasteiger partial charge in [0.1, 0.15) is 16.7 Å². The molecule has 0 aliphatic carbocycles. The summed E-state index contributed by atoms with van der Waals surface area (Å²) in [6.07, 6.45) is 3.56. The SMILES string of the molecule is Cc1ccc2c(n1)oc1c(-c3cc(C(C)C)cc(Oc4cccc(-c5cccc6c5oc5ccncc56)n4)n3)cccc12. The molecule has 208 valence electrons. The van der Waals surface area contributed by atoms with Crippen LogP contribution in [0.3, 0.4) is 0 Å². The van der Waals surface area contributed by atoms with E-state index in [1.165, 1.54) is 0 Å². The lowest BCUT2D eigenvalue weighted by atomic mass is 10.0. The van der Waals surface area contributed by atoms with Crippen LogP contribution in [0.4, 0.5) is 0 Å². The van der Waals surface area contributed by atoms with E-state index in [1.807, 2.05) is 79.9 Å². The maximum absolute atomic E-state index is 6.35. The predicted molar refractivity (Wildman–Crippen MR) is 168 cm³/mol. The summed E-state index contributed by atoms with van der Waals surface area (Å²) in [5, 5.41) is 3.95. The number of hydrogen-bond acceptors (Lipinski definition) is 7. The fourth-order valence-corrected chi connectivity index (χ4v) is 5.59. The van der Waals surface area contributed by atoms with Crippen molar-refractivity contribution in [1.29, 1.82) is 0 Å². The Labute approximate surface area is 246 Å². The lowest BCUT2D eigenvalue weighted by molar-refractivity contribution is 0.445. The maximum Gasteiger partial charge on any atom is 0.227 e. The Hall–Kier alpha value is -5.56. The second-order valence-corrected chi connectivity index (χ2v) is 11.0. The zero-order chi connectivity index (χ0) is 29.1. The first-order chi connectivity index (χ1) is 21.0. The van der Waals surface area contributed by atoms with Crippen molar-refractivity contribution < 1.29 is 13.6 Å². The summed E-state index contributed by atoms with van der Waals surface area (Å²) < 4.78 is 18.8. The molecule has 7 nitrogen and oxygen atoms in total. The topological polar surface area (TPSA) is 87.1 Å². The van der Waals surface area contributed by atoms with Crippen LogP contribution >= 0.6 is 0 Å². The van der Waals surface area contributed by atoms with Crippen molar-refractivity contribution in [1.82, 2.24) is 19.9 Å². The number of para-hydroxylation sites is 2. The van der Waals surface area contributed by atoms with E-state index in [0.29, 0.717) is 17.5 Å². The molecule has 0 spiro atoms. The largest absolute Gasteiger partial charge is 0.455 e. The van der Waals surface area contributed by atoms with Crippen LogP contribution in [0.1, 0.15) is 31.0 Å². The Bertz CT molecular complexity index is 2330. The highest BCUT2D eigenvalue weighted by Gasteiger charge is 2.18. The Morgan fingerprint density at radius 2 is 1.40 bits per heavy atom. The number of rotatable bonds is 5.